The molecule has 17 nitrogen and oxygen atoms in total. The second kappa shape index (κ2) is 29.5. The van der Waals surface area contributed by atoms with Crippen molar-refractivity contribution in [2.75, 3.05) is 0 Å². The number of nitrogens with zero attached hydrogens (tertiary/aromatic N) is 6. The molecule has 7 heterocycles. The van der Waals surface area contributed by atoms with Crippen molar-refractivity contribution in [3.05, 3.63) is 364 Å². The normalized spacial score (nSPS) is 11.3. The summed E-state index contributed by atoms with van der Waals surface area (Å²) in [5.74, 6) is 1.92. The number of aromatic amines is 1. The van der Waals surface area contributed by atoms with Gasteiger partial charge in [0.25, 0.3) is 11.4 Å². The van der Waals surface area contributed by atoms with Gasteiger partial charge in [-0.15, -0.1) is 0 Å². The monoisotopic (exact) mass is 1520 g/mol. The standard InChI is InChI=1S/C39H24N4O.C18H11NO3.C18H11NO.C12H9BO3.C6H4BrNO2/c1-3-12-25(13-4-1)37-40-38(26-14-5-2-6-15-26)42-39(41-37)27-16-11-17-28(22-27)43-33-20-9-7-18-29(33)31-24-36-32(23-34(31)43)30-19-8-10-21-35(30)44-36;20-19(21)16-7-3-1-5-13(16)12-9-10-15-14-6-2-4-8-17(14)22-18(15)11-12;1-3-7-15-11(5-1)13-10-18-14(9-16(13)19-15)12-6-2-4-8-17(12)20-18;14-13(15)8-5-6-10-9-3-1-2-4-11(9)16-12(10)7-8;7-5-3-1-2-4-6(5)8(9)10/h1-24H;1-11H;1-10,19H;1-7,14-15H;1-4H. The number of nitrogens with one attached hydrogen (secondary N) is 1. The largest absolute Gasteiger partial charge is 0.488 e. The number of rotatable bonds is 8. The van der Waals surface area contributed by atoms with Crippen LogP contribution in [-0.2, 0) is 0 Å². The fraction of sp³-hybridized carbons (Fsp3) is 0. The minimum absolute atomic E-state index is 0.0953. The average Bonchev–Trinajstić information content (AvgIpc) is 1.61. The number of nitro groups is 2. The van der Waals surface area contributed by atoms with Crippen molar-refractivity contribution in [3.8, 4) is 51.0 Å². The molecule has 0 unspecified atom stereocenters. The zero-order valence-electron chi connectivity index (χ0n) is 59.1. The van der Waals surface area contributed by atoms with Crippen LogP contribution in [0.3, 0.4) is 0 Å². The molecule has 19 heteroatoms. The van der Waals surface area contributed by atoms with Gasteiger partial charge in [-0.05, 0) is 130 Å². The third-order valence-electron chi connectivity index (χ3n) is 19.8. The molecule has 22 aromatic rings. The summed E-state index contributed by atoms with van der Waals surface area (Å²) in [5.41, 5.74) is 17.1. The average molecular weight is 1530 g/mol. The highest BCUT2D eigenvalue weighted by Gasteiger charge is 2.22. The summed E-state index contributed by atoms with van der Waals surface area (Å²) in [6.07, 6.45) is 0. The van der Waals surface area contributed by atoms with Crippen molar-refractivity contribution >= 4 is 171 Å². The van der Waals surface area contributed by atoms with Crippen LogP contribution in [0.15, 0.2) is 362 Å². The van der Waals surface area contributed by atoms with Gasteiger partial charge in [0, 0.05) is 110 Å². The highest BCUT2D eigenvalue weighted by Crippen LogP contribution is 2.41. The Balaban J connectivity index is 0.000000108. The summed E-state index contributed by atoms with van der Waals surface area (Å²) in [6, 6.07) is 110. The van der Waals surface area contributed by atoms with E-state index in [-0.39, 0.29) is 16.3 Å². The van der Waals surface area contributed by atoms with Crippen molar-refractivity contribution in [2.24, 2.45) is 0 Å². The topological polar surface area (TPSA) is 239 Å². The first-order valence-corrected chi connectivity index (χ1v) is 36.7. The molecule has 3 N–H and O–H groups in total. The molecular formula is C93H59BBrN7O10. The summed E-state index contributed by atoms with van der Waals surface area (Å²) < 4.78 is 26.5. The Hall–Kier alpha value is -14.6. The predicted octanol–water partition coefficient (Wildman–Crippen LogP) is 23.9. The second-order valence-corrected chi connectivity index (χ2v) is 27.4. The Kier molecular flexibility index (Phi) is 18.2. The Morgan fingerprint density at radius 3 is 1.33 bits per heavy atom. The van der Waals surface area contributed by atoms with Crippen LogP contribution < -0.4 is 5.46 Å². The number of hydrogen-bond donors (Lipinski definition) is 3. The van der Waals surface area contributed by atoms with Crippen LogP contribution in [0.2, 0.25) is 0 Å². The molecular weight excluding hydrogens is 1470 g/mol. The molecule has 0 saturated heterocycles. The molecule has 0 bridgehead atoms. The first-order valence-electron chi connectivity index (χ1n) is 35.9. The first-order chi connectivity index (χ1) is 54.9. The molecule has 0 aliphatic heterocycles. The van der Waals surface area contributed by atoms with E-state index in [1.165, 1.54) is 44.6 Å². The van der Waals surface area contributed by atoms with E-state index in [1.807, 2.05) is 164 Å². The predicted molar refractivity (Wildman–Crippen MR) is 451 cm³/mol. The molecule has 0 radical (unpaired) electrons. The van der Waals surface area contributed by atoms with Crippen LogP contribution in [0.5, 0.6) is 0 Å². The summed E-state index contributed by atoms with van der Waals surface area (Å²) >= 11 is 3.06. The molecule has 0 spiro atoms. The van der Waals surface area contributed by atoms with E-state index in [9.17, 15) is 20.2 Å². The minimum atomic E-state index is -1.46. The lowest BCUT2D eigenvalue weighted by Crippen LogP contribution is -2.29. The van der Waals surface area contributed by atoms with Crippen molar-refractivity contribution in [1.29, 1.82) is 0 Å². The Morgan fingerprint density at radius 2 is 0.759 bits per heavy atom. The number of furan rings is 4. The van der Waals surface area contributed by atoms with Gasteiger partial charge >= 0.3 is 7.12 Å². The number of benzene rings is 15. The molecule has 22 rings (SSSR count). The second-order valence-electron chi connectivity index (χ2n) is 26.6. The van der Waals surface area contributed by atoms with Gasteiger partial charge in [0.2, 0.25) is 0 Å². The maximum Gasteiger partial charge on any atom is 0.488 e. The minimum Gasteiger partial charge on any atom is -0.456 e. The van der Waals surface area contributed by atoms with Gasteiger partial charge in [-0.1, -0.05) is 224 Å². The molecule has 0 atom stereocenters. The third-order valence-corrected chi connectivity index (χ3v) is 20.4. The molecule has 0 aliphatic carbocycles. The highest BCUT2D eigenvalue weighted by molar-refractivity contribution is 9.10. The smallest absolute Gasteiger partial charge is 0.456 e. The maximum absolute atomic E-state index is 11.2. The molecule has 0 fully saturated rings. The first kappa shape index (κ1) is 69.1. The molecule has 0 aliphatic rings. The number of H-pyrrole nitrogens is 1. The van der Waals surface area contributed by atoms with E-state index in [2.05, 4.69) is 141 Å². The lowest BCUT2D eigenvalue weighted by atomic mass is 9.80. The molecule has 536 valence electrons. The van der Waals surface area contributed by atoms with Crippen molar-refractivity contribution in [1.82, 2.24) is 24.5 Å². The highest BCUT2D eigenvalue weighted by atomic mass is 79.9. The van der Waals surface area contributed by atoms with Gasteiger partial charge < -0.3 is 37.3 Å². The van der Waals surface area contributed by atoms with Crippen LogP contribution in [0, 0.1) is 20.2 Å². The summed E-state index contributed by atoms with van der Waals surface area (Å²) in [7, 11) is -1.46. The number of nitro benzene ring substituents is 2. The lowest BCUT2D eigenvalue weighted by Gasteiger charge is -2.11. The summed E-state index contributed by atoms with van der Waals surface area (Å²) in [4.78, 5) is 38.9. The van der Waals surface area contributed by atoms with Crippen LogP contribution in [0.25, 0.3) is 182 Å². The van der Waals surface area contributed by atoms with Crippen LogP contribution in [0.1, 0.15) is 0 Å². The van der Waals surface area contributed by atoms with Gasteiger partial charge in [-0.25, -0.2) is 15.0 Å². The SMILES string of the molecule is O=[N+]([O-])c1ccccc1-c1ccc2c(c1)oc1ccccc12.O=[N+]([O-])c1ccccc1Br.OB(O)c1ccc2c(c1)oc1ccccc12.c1ccc(-c2nc(-c3ccccc3)nc(-c3cccc(-n4c5ccccc5c5cc6oc7ccccc7c6cc54)c3)n2)cc1.c1ccc2c(c1)[nH]c1cc3c(cc12)oc1ccccc13. The molecule has 0 amide bonds. The third kappa shape index (κ3) is 13.2. The van der Waals surface area contributed by atoms with Gasteiger partial charge in [-0.3, -0.25) is 20.2 Å². The maximum atomic E-state index is 11.2. The lowest BCUT2D eigenvalue weighted by molar-refractivity contribution is -0.385. The number of para-hydroxylation sites is 8. The van der Waals surface area contributed by atoms with Gasteiger partial charge in [0.1, 0.15) is 44.7 Å². The van der Waals surface area contributed by atoms with E-state index in [4.69, 9.17) is 42.7 Å². The zero-order chi connectivity index (χ0) is 75.9. The van der Waals surface area contributed by atoms with Crippen LogP contribution in [0.4, 0.5) is 11.4 Å². The molecule has 0 saturated carbocycles. The van der Waals surface area contributed by atoms with Crippen LogP contribution >= 0.6 is 15.9 Å². The van der Waals surface area contributed by atoms with Crippen molar-refractivity contribution < 1.29 is 37.6 Å². The van der Waals surface area contributed by atoms with Gasteiger partial charge in [0.15, 0.2) is 17.5 Å². The van der Waals surface area contributed by atoms with Gasteiger partial charge in [-0.2, -0.15) is 0 Å². The molecule has 112 heavy (non-hydrogen) atoms. The van der Waals surface area contributed by atoms with E-state index >= 15 is 0 Å². The van der Waals surface area contributed by atoms with E-state index < -0.39 is 12.0 Å². The fourth-order valence-electron chi connectivity index (χ4n) is 14.5. The Bertz CT molecular complexity index is 7230. The quantitative estimate of drug-likeness (QED) is 0.0730. The Morgan fingerprint density at radius 1 is 0.321 bits per heavy atom. The Labute approximate surface area is 644 Å². The van der Waals surface area contributed by atoms with Crippen LogP contribution in [-0.4, -0.2) is 51.5 Å². The number of aromatic nitrogens is 5. The van der Waals surface area contributed by atoms with E-state index in [1.54, 1.807) is 48.5 Å². The van der Waals surface area contributed by atoms with Gasteiger partial charge in [0.05, 0.1) is 30.9 Å². The van der Waals surface area contributed by atoms with Crippen molar-refractivity contribution in [3.63, 3.8) is 0 Å². The zero-order valence-corrected chi connectivity index (χ0v) is 60.7. The number of fused-ring (bicyclic) bond motifs is 18. The van der Waals surface area contributed by atoms with Crippen molar-refractivity contribution in [2.45, 2.75) is 0 Å². The van der Waals surface area contributed by atoms with E-state index in [0.29, 0.717) is 38.6 Å². The fourth-order valence-corrected chi connectivity index (χ4v) is 15.0. The summed E-state index contributed by atoms with van der Waals surface area (Å²) in [6.45, 7) is 0. The number of hydrogen-bond acceptors (Lipinski definition) is 13. The van der Waals surface area contributed by atoms with E-state index in [0.717, 1.165) is 121 Å². The number of halogens is 1. The molecule has 7 aromatic heterocycles. The molecule has 15 aromatic carbocycles. The summed E-state index contributed by atoms with van der Waals surface area (Å²) in [5, 5.41) is 52.9.